The monoisotopic (exact) mass is 423 g/mol. The average Bonchev–Trinajstić information content (AvgIpc) is 3.58. The van der Waals surface area contributed by atoms with Crippen molar-refractivity contribution in [3.05, 3.63) is 64.7 Å². The highest BCUT2D eigenvalue weighted by molar-refractivity contribution is 5.74. The van der Waals surface area contributed by atoms with Crippen molar-refractivity contribution in [3.8, 4) is 5.75 Å². The van der Waals surface area contributed by atoms with E-state index >= 15 is 0 Å². The molecule has 1 aliphatic heterocycles. The second-order valence-electron chi connectivity index (χ2n) is 8.77. The van der Waals surface area contributed by atoms with Gasteiger partial charge in [-0.3, -0.25) is 4.90 Å². The number of ether oxygens (including phenoxy) is 1. The molecule has 2 aromatic rings. The van der Waals surface area contributed by atoms with E-state index < -0.39 is 6.10 Å². The van der Waals surface area contributed by atoms with Gasteiger partial charge in [0.1, 0.15) is 5.75 Å². The van der Waals surface area contributed by atoms with Gasteiger partial charge in [0, 0.05) is 26.2 Å². The van der Waals surface area contributed by atoms with Crippen LogP contribution in [0.15, 0.2) is 42.5 Å². The Bertz CT molecular complexity index is 895. The number of amides is 2. The summed E-state index contributed by atoms with van der Waals surface area (Å²) in [5.41, 5.74) is 4.41. The van der Waals surface area contributed by atoms with Crippen LogP contribution in [0.2, 0.25) is 0 Å². The summed E-state index contributed by atoms with van der Waals surface area (Å²) in [5.74, 6) is 1.58. The molecule has 1 saturated carbocycles. The molecule has 31 heavy (non-hydrogen) atoms. The van der Waals surface area contributed by atoms with Gasteiger partial charge in [-0.15, -0.1) is 0 Å². The molecule has 6 heteroatoms. The Morgan fingerprint density at radius 1 is 1.23 bits per heavy atom. The van der Waals surface area contributed by atoms with Crippen LogP contribution in [0.25, 0.3) is 0 Å². The molecular weight excluding hydrogens is 390 g/mol. The molecule has 0 aromatic heterocycles. The SMILES string of the molecule is CCNC(=O)N[C@@H](C)c1ccc(CN2Cc3ccc(OCC4CC4)cc3C(O)C2)cc1. The first-order valence-corrected chi connectivity index (χ1v) is 11.3. The quantitative estimate of drug-likeness (QED) is 0.602. The number of nitrogens with zero attached hydrogens (tertiary/aromatic N) is 1. The summed E-state index contributed by atoms with van der Waals surface area (Å²) in [6, 6.07) is 14.2. The van der Waals surface area contributed by atoms with Gasteiger partial charge >= 0.3 is 6.03 Å². The van der Waals surface area contributed by atoms with Gasteiger partial charge in [-0.05, 0) is 67.0 Å². The fraction of sp³-hybridized carbons (Fsp3) is 0.480. The van der Waals surface area contributed by atoms with Crippen LogP contribution in [0.4, 0.5) is 4.79 Å². The molecule has 3 N–H and O–H groups in total. The zero-order chi connectivity index (χ0) is 21.8. The Kier molecular flexibility index (Phi) is 6.78. The fourth-order valence-corrected chi connectivity index (χ4v) is 4.05. The van der Waals surface area contributed by atoms with Gasteiger partial charge in [0.25, 0.3) is 0 Å². The zero-order valence-electron chi connectivity index (χ0n) is 18.4. The maximum absolute atomic E-state index is 11.7. The number of hydrogen-bond acceptors (Lipinski definition) is 4. The minimum atomic E-state index is -0.506. The summed E-state index contributed by atoms with van der Waals surface area (Å²) in [4.78, 5) is 14.0. The predicted octanol–water partition coefficient (Wildman–Crippen LogP) is 3.90. The minimum Gasteiger partial charge on any atom is -0.493 e. The van der Waals surface area contributed by atoms with Crippen LogP contribution in [0, 0.1) is 5.92 Å². The molecule has 0 radical (unpaired) electrons. The second kappa shape index (κ2) is 9.71. The topological polar surface area (TPSA) is 73.8 Å². The van der Waals surface area contributed by atoms with Crippen molar-refractivity contribution in [1.29, 1.82) is 0 Å². The van der Waals surface area contributed by atoms with Crippen LogP contribution in [0.1, 0.15) is 61.1 Å². The molecule has 4 rings (SSSR count). The molecule has 166 valence electrons. The third kappa shape index (κ3) is 5.77. The maximum Gasteiger partial charge on any atom is 0.315 e. The molecule has 0 saturated heterocycles. The summed E-state index contributed by atoms with van der Waals surface area (Å²) in [6.45, 7) is 7.46. The van der Waals surface area contributed by atoms with E-state index in [9.17, 15) is 9.90 Å². The lowest BCUT2D eigenvalue weighted by Crippen LogP contribution is -2.36. The Morgan fingerprint density at radius 2 is 2.00 bits per heavy atom. The average molecular weight is 424 g/mol. The van der Waals surface area contributed by atoms with Gasteiger partial charge in [0.2, 0.25) is 0 Å². The lowest BCUT2D eigenvalue weighted by molar-refractivity contribution is 0.0878. The van der Waals surface area contributed by atoms with Crippen LogP contribution in [0.3, 0.4) is 0 Å². The number of nitrogens with one attached hydrogen (secondary N) is 2. The van der Waals surface area contributed by atoms with E-state index in [2.05, 4.69) is 45.9 Å². The Hall–Kier alpha value is -2.57. The molecule has 0 spiro atoms. The molecule has 2 atom stereocenters. The number of rotatable bonds is 8. The molecule has 1 heterocycles. The first-order valence-electron chi connectivity index (χ1n) is 11.3. The number of carbonyl (C=O) groups excluding carboxylic acids is 1. The molecule has 0 bridgehead atoms. The maximum atomic E-state index is 11.7. The molecule has 2 amide bonds. The van der Waals surface area contributed by atoms with Gasteiger partial charge in [0.05, 0.1) is 18.8 Å². The van der Waals surface area contributed by atoms with E-state index in [1.807, 2.05) is 26.0 Å². The molecule has 1 unspecified atom stereocenters. The molecule has 1 aliphatic carbocycles. The largest absolute Gasteiger partial charge is 0.493 e. The van der Waals surface area contributed by atoms with Crippen molar-refractivity contribution in [2.45, 2.75) is 51.9 Å². The smallest absolute Gasteiger partial charge is 0.315 e. The molecule has 2 aliphatic rings. The minimum absolute atomic E-state index is 0.0550. The van der Waals surface area contributed by atoms with E-state index in [1.54, 1.807) is 0 Å². The summed E-state index contributed by atoms with van der Waals surface area (Å²) in [6.07, 6.45) is 2.04. The zero-order valence-corrected chi connectivity index (χ0v) is 18.4. The van der Waals surface area contributed by atoms with Crippen molar-refractivity contribution in [2.24, 2.45) is 5.92 Å². The highest BCUT2D eigenvalue weighted by Gasteiger charge is 2.25. The lowest BCUT2D eigenvalue weighted by Gasteiger charge is -2.32. The van der Waals surface area contributed by atoms with Gasteiger partial charge in [-0.2, -0.15) is 0 Å². The van der Waals surface area contributed by atoms with Gasteiger partial charge < -0.3 is 20.5 Å². The standard InChI is InChI=1S/C25H33N3O3/c1-3-26-25(30)27-17(2)20-8-6-18(7-9-20)13-28-14-21-10-11-22(31-16-19-4-5-19)12-23(21)24(29)15-28/h6-12,17,19,24,29H,3-5,13-16H2,1-2H3,(H2,26,27,30)/t17-,24?/m0/s1. The van der Waals surface area contributed by atoms with E-state index in [0.717, 1.165) is 48.1 Å². The third-order valence-corrected chi connectivity index (χ3v) is 6.05. The number of β-amino-alcohol motifs (C(OH)–C–C–N with tert-alkyl or cyclic N) is 1. The Labute approximate surface area is 184 Å². The van der Waals surface area contributed by atoms with E-state index in [1.165, 1.54) is 18.4 Å². The van der Waals surface area contributed by atoms with Crippen molar-refractivity contribution in [3.63, 3.8) is 0 Å². The molecule has 1 fully saturated rings. The van der Waals surface area contributed by atoms with Crippen molar-refractivity contribution < 1.29 is 14.6 Å². The van der Waals surface area contributed by atoms with Crippen molar-refractivity contribution in [1.82, 2.24) is 15.5 Å². The second-order valence-corrected chi connectivity index (χ2v) is 8.77. The highest BCUT2D eigenvalue weighted by atomic mass is 16.5. The van der Waals surface area contributed by atoms with Gasteiger partial charge in [-0.1, -0.05) is 30.3 Å². The predicted molar refractivity (Wildman–Crippen MR) is 121 cm³/mol. The summed E-state index contributed by atoms with van der Waals surface area (Å²) in [5, 5.41) is 16.4. The van der Waals surface area contributed by atoms with Crippen molar-refractivity contribution in [2.75, 3.05) is 19.7 Å². The Balaban J connectivity index is 1.34. The van der Waals surface area contributed by atoms with Gasteiger partial charge in [-0.25, -0.2) is 4.79 Å². The number of hydrogen-bond donors (Lipinski definition) is 3. The van der Waals surface area contributed by atoms with Crippen LogP contribution in [-0.2, 0) is 13.1 Å². The van der Waals surface area contributed by atoms with Crippen LogP contribution in [-0.4, -0.2) is 35.7 Å². The summed E-state index contributed by atoms with van der Waals surface area (Å²) >= 11 is 0. The van der Waals surface area contributed by atoms with Crippen LogP contribution < -0.4 is 15.4 Å². The Morgan fingerprint density at radius 3 is 2.71 bits per heavy atom. The molecule has 2 aromatic carbocycles. The first kappa shape index (κ1) is 21.7. The molecule has 6 nitrogen and oxygen atoms in total. The summed E-state index contributed by atoms with van der Waals surface area (Å²) < 4.78 is 5.88. The highest BCUT2D eigenvalue weighted by Crippen LogP contribution is 2.33. The van der Waals surface area contributed by atoms with Crippen LogP contribution in [0.5, 0.6) is 5.75 Å². The first-order chi connectivity index (χ1) is 15.0. The summed E-state index contributed by atoms with van der Waals surface area (Å²) in [7, 11) is 0. The number of carbonyl (C=O) groups is 1. The van der Waals surface area contributed by atoms with E-state index in [4.69, 9.17) is 4.74 Å². The van der Waals surface area contributed by atoms with Gasteiger partial charge in [0.15, 0.2) is 0 Å². The lowest BCUT2D eigenvalue weighted by atomic mass is 9.96. The van der Waals surface area contributed by atoms with E-state index in [0.29, 0.717) is 13.1 Å². The third-order valence-electron chi connectivity index (χ3n) is 6.05. The number of urea groups is 1. The normalized spacial score (nSPS) is 19.4. The number of benzene rings is 2. The number of aliphatic hydroxyl groups excluding tert-OH is 1. The van der Waals surface area contributed by atoms with Crippen molar-refractivity contribution >= 4 is 6.03 Å². The number of fused-ring (bicyclic) bond motifs is 1. The fourth-order valence-electron chi connectivity index (χ4n) is 4.05. The number of aliphatic hydroxyl groups is 1. The van der Waals surface area contributed by atoms with E-state index in [-0.39, 0.29) is 12.1 Å². The molecular formula is C25H33N3O3. The van der Waals surface area contributed by atoms with Crippen LogP contribution >= 0.6 is 0 Å².